The van der Waals surface area contributed by atoms with Gasteiger partial charge in [-0.2, -0.15) is 0 Å². The molecule has 0 spiro atoms. The Morgan fingerprint density at radius 1 is 1.00 bits per heavy atom. The average molecular weight is 397 g/mol. The minimum atomic E-state index is 0.397. The normalized spacial score (nSPS) is 10.7. The first-order valence-corrected chi connectivity index (χ1v) is 8.98. The molecule has 1 aromatic heterocycles. The largest absolute Gasteiger partial charge is 0.493 e. The van der Waals surface area contributed by atoms with E-state index in [1.165, 1.54) is 11.8 Å². The first-order valence-electron chi connectivity index (χ1n) is 7.24. The lowest BCUT2D eigenvalue weighted by atomic mass is 10.2. The molecule has 8 heteroatoms. The first kappa shape index (κ1) is 17.9. The van der Waals surface area contributed by atoms with Gasteiger partial charge in [-0.25, -0.2) is 0 Å². The zero-order valence-corrected chi connectivity index (χ0v) is 15.8. The van der Waals surface area contributed by atoms with Gasteiger partial charge in [0.05, 0.1) is 14.2 Å². The van der Waals surface area contributed by atoms with Crippen LogP contribution in [0.4, 0.5) is 0 Å². The molecule has 0 aliphatic rings. The van der Waals surface area contributed by atoms with Crippen molar-refractivity contribution in [2.75, 3.05) is 14.2 Å². The van der Waals surface area contributed by atoms with Crippen molar-refractivity contribution in [3.05, 3.63) is 52.0 Å². The van der Waals surface area contributed by atoms with Crippen LogP contribution in [-0.4, -0.2) is 24.4 Å². The number of hydrogen-bond donors (Lipinski definition) is 0. The molecule has 0 aliphatic carbocycles. The number of methoxy groups -OCH3 is 2. The third kappa shape index (κ3) is 4.03. The van der Waals surface area contributed by atoms with Gasteiger partial charge in [-0.05, 0) is 35.9 Å². The molecule has 25 heavy (non-hydrogen) atoms. The van der Waals surface area contributed by atoms with Gasteiger partial charge in [0.2, 0.25) is 5.89 Å². The second-order valence-electron chi connectivity index (χ2n) is 4.93. The molecular formula is C17H14Cl2N2O3S. The molecule has 1 heterocycles. The summed E-state index contributed by atoms with van der Waals surface area (Å²) < 4.78 is 16.2. The lowest BCUT2D eigenvalue weighted by molar-refractivity contribution is 0.355. The molecule has 0 aliphatic heterocycles. The van der Waals surface area contributed by atoms with Crippen molar-refractivity contribution in [3.8, 4) is 23.0 Å². The second kappa shape index (κ2) is 7.99. The molecule has 0 bridgehead atoms. The summed E-state index contributed by atoms with van der Waals surface area (Å²) >= 11 is 13.7. The number of aromatic nitrogens is 2. The molecule has 3 rings (SSSR count). The highest BCUT2D eigenvalue weighted by Gasteiger charge is 2.14. The molecule has 2 aromatic carbocycles. The maximum atomic E-state index is 6.17. The van der Waals surface area contributed by atoms with Gasteiger partial charge in [0, 0.05) is 21.4 Å². The predicted octanol–water partition coefficient (Wildman–Crippen LogP) is 5.35. The fraction of sp³-hybridized carbons (Fsp3) is 0.176. The van der Waals surface area contributed by atoms with Crippen molar-refractivity contribution >= 4 is 35.0 Å². The minimum Gasteiger partial charge on any atom is -0.493 e. The van der Waals surface area contributed by atoms with E-state index in [-0.39, 0.29) is 0 Å². The van der Waals surface area contributed by atoms with Gasteiger partial charge in [-0.3, -0.25) is 0 Å². The van der Waals surface area contributed by atoms with Crippen molar-refractivity contribution in [2.24, 2.45) is 0 Å². The summed E-state index contributed by atoms with van der Waals surface area (Å²) in [5.74, 6) is 2.16. The standard InChI is InChI=1S/C17H14Cl2N2O3S/c1-22-14-7-6-10(8-15(14)23-2)16-20-21-17(24-16)25-9-11-12(18)4-3-5-13(11)19/h3-8H,9H2,1-2H3. The number of hydrogen-bond acceptors (Lipinski definition) is 6. The van der Waals surface area contributed by atoms with Crippen molar-refractivity contribution < 1.29 is 13.9 Å². The Morgan fingerprint density at radius 2 is 1.72 bits per heavy atom. The highest BCUT2D eigenvalue weighted by Crippen LogP contribution is 2.34. The summed E-state index contributed by atoms with van der Waals surface area (Å²) in [6.45, 7) is 0. The molecule has 3 aromatic rings. The van der Waals surface area contributed by atoms with Gasteiger partial charge in [-0.1, -0.05) is 41.0 Å². The Morgan fingerprint density at radius 3 is 2.40 bits per heavy atom. The van der Waals surface area contributed by atoms with E-state index < -0.39 is 0 Å². The zero-order chi connectivity index (χ0) is 17.8. The predicted molar refractivity (Wildman–Crippen MR) is 98.9 cm³/mol. The van der Waals surface area contributed by atoms with Crippen LogP contribution in [0.15, 0.2) is 46.0 Å². The Hall–Kier alpha value is -1.89. The van der Waals surface area contributed by atoms with Crippen LogP contribution in [0.3, 0.4) is 0 Å². The van der Waals surface area contributed by atoms with Gasteiger partial charge in [-0.15, -0.1) is 10.2 Å². The van der Waals surface area contributed by atoms with Gasteiger partial charge < -0.3 is 13.9 Å². The quantitative estimate of drug-likeness (QED) is 0.523. The third-order valence-corrected chi connectivity index (χ3v) is 4.99. The van der Waals surface area contributed by atoms with E-state index in [0.717, 1.165) is 11.1 Å². The average Bonchev–Trinajstić information content (AvgIpc) is 3.09. The molecular weight excluding hydrogens is 383 g/mol. The molecule has 0 radical (unpaired) electrons. The number of thioether (sulfide) groups is 1. The lowest BCUT2D eigenvalue weighted by Crippen LogP contribution is -1.90. The molecule has 5 nitrogen and oxygen atoms in total. The Labute approximate surface area is 159 Å². The molecule has 0 N–H and O–H groups in total. The van der Waals surface area contributed by atoms with E-state index in [0.29, 0.717) is 38.4 Å². The van der Waals surface area contributed by atoms with Crippen LogP contribution >= 0.6 is 35.0 Å². The summed E-state index contributed by atoms with van der Waals surface area (Å²) in [5.41, 5.74) is 1.58. The maximum absolute atomic E-state index is 6.17. The summed E-state index contributed by atoms with van der Waals surface area (Å²) in [6.07, 6.45) is 0. The smallest absolute Gasteiger partial charge is 0.277 e. The van der Waals surface area contributed by atoms with Gasteiger partial charge in [0.25, 0.3) is 5.22 Å². The number of benzene rings is 2. The topological polar surface area (TPSA) is 57.4 Å². The van der Waals surface area contributed by atoms with E-state index in [2.05, 4.69) is 10.2 Å². The highest BCUT2D eigenvalue weighted by molar-refractivity contribution is 7.98. The summed E-state index contributed by atoms with van der Waals surface area (Å²) in [6, 6.07) is 10.8. The van der Waals surface area contributed by atoms with Gasteiger partial charge in [0.1, 0.15) is 0 Å². The van der Waals surface area contributed by atoms with E-state index in [4.69, 9.17) is 37.1 Å². The highest BCUT2D eigenvalue weighted by atomic mass is 35.5. The van der Waals surface area contributed by atoms with Crippen molar-refractivity contribution in [3.63, 3.8) is 0 Å². The van der Waals surface area contributed by atoms with Crippen molar-refractivity contribution in [1.82, 2.24) is 10.2 Å². The molecule has 130 valence electrons. The fourth-order valence-electron chi connectivity index (χ4n) is 2.16. The van der Waals surface area contributed by atoms with Crippen LogP contribution < -0.4 is 9.47 Å². The van der Waals surface area contributed by atoms with Crippen LogP contribution in [-0.2, 0) is 5.75 Å². The van der Waals surface area contributed by atoms with Crippen LogP contribution in [0.2, 0.25) is 10.0 Å². The van der Waals surface area contributed by atoms with E-state index >= 15 is 0 Å². The first-order chi connectivity index (χ1) is 12.1. The number of ether oxygens (including phenoxy) is 2. The minimum absolute atomic E-state index is 0.397. The van der Waals surface area contributed by atoms with Crippen LogP contribution in [0, 0.1) is 0 Å². The van der Waals surface area contributed by atoms with E-state index in [1.807, 2.05) is 6.07 Å². The zero-order valence-electron chi connectivity index (χ0n) is 13.5. The number of nitrogens with zero attached hydrogens (tertiary/aromatic N) is 2. The van der Waals surface area contributed by atoms with E-state index in [1.54, 1.807) is 44.6 Å². The van der Waals surface area contributed by atoms with Crippen LogP contribution in [0.5, 0.6) is 11.5 Å². The maximum Gasteiger partial charge on any atom is 0.277 e. The van der Waals surface area contributed by atoms with Crippen LogP contribution in [0.25, 0.3) is 11.5 Å². The summed E-state index contributed by atoms with van der Waals surface area (Å²) in [7, 11) is 3.16. The van der Waals surface area contributed by atoms with Gasteiger partial charge >= 0.3 is 0 Å². The molecule has 0 fully saturated rings. The number of halogens is 2. The third-order valence-electron chi connectivity index (χ3n) is 3.44. The Balaban J connectivity index is 1.77. The van der Waals surface area contributed by atoms with Gasteiger partial charge in [0.15, 0.2) is 11.5 Å². The van der Waals surface area contributed by atoms with Crippen molar-refractivity contribution in [1.29, 1.82) is 0 Å². The molecule has 0 unspecified atom stereocenters. The monoisotopic (exact) mass is 396 g/mol. The second-order valence-corrected chi connectivity index (χ2v) is 6.67. The Kier molecular flexibility index (Phi) is 5.73. The summed E-state index contributed by atoms with van der Waals surface area (Å²) in [5, 5.41) is 9.78. The van der Waals surface area contributed by atoms with E-state index in [9.17, 15) is 0 Å². The molecule has 0 atom stereocenters. The molecule has 0 saturated heterocycles. The SMILES string of the molecule is COc1ccc(-c2nnc(SCc3c(Cl)cccc3Cl)o2)cc1OC. The van der Waals surface area contributed by atoms with Crippen molar-refractivity contribution in [2.45, 2.75) is 11.0 Å². The Bertz CT molecular complexity index is 866. The lowest BCUT2D eigenvalue weighted by Gasteiger charge is -2.07. The molecule has 0 saturated carbocycles. The fourth-order valence-corrected chi connectivity index (χ4v) is 3.66. The molecule has 0 amide bonds. The number of rotatable bonds is 6. The van der Waals surface area contributed by atoms with Crippen LogP contribution in [0.1, 0.15) is 5.56 Å². The summed E-state index contributed by atoms with van der Waals surface area (Å²) in [4.78, 5) is 0.